The Morgan fingerprint density at radius 1 is 0.477 bits per heavy atom. The lowest BCUT2D eigenvalue weighted by molar-refractivity contribution is -0.126. The van der Waals surface area contributed by atoms with Crippen LogP contribution >= 0.6 is 0 Å². The fourth-order valence-electron chi connectivity index (χ4n) is 19.9. The zero-order valence-electron chi connectivity index (χ0n) is 77.5. The van der Waals surface area contributed by atoms with Crippen LogP contribution in [0.5, 0.6) is 5.75 Å². The topological polar surface area (TPSA) is 373 Å². The molecule has 5 aliphatic heterocycles. The summed E-state index contributed by atoms with van der Waals surface area (Å²) in [7, 11) is 11.0. The predicted molar refractivity (Wildman–Crippen MR) is 512 cm³/mol. The lowest BCUT2D eigenvalue weighted by Crippen LogP contribution is -2.45. The lowest BCUT2D eigenvalue weighted by atomic mass is 9.91. The van der Waals surface area contributed by atoms with Gasteiger partial charge in [-0.25, -0.2) is 24.9 Å². The van der Waals surface area contributed by atoms with E-state index < -0.39 is 16.2 Å². The second-order valence-corrected chi connectivity index (χ2v) is 38.1. The molecular weight excluding hydrogens is 1640 g/mol. The Kier molecular flexibility index (Phi) is 26.7. The van der Waals surface area contributed by atoms with Crippen molar-refractivity contribution in [1.29, 1.82) is 0 Å². The highest BCUT2D eigenvalue weighted by molar-refractivity contribution is 6.04. The molecule has 9 aliphatic rings. The molecule has 34 heteroatoms. The number of aromatic amines is 2. The van der Waals surface area contributed by atoms with Crippen LogP contribution in [0.4, 0.5) is 98.3 Å². The molecule has 4 saturated carbocycles. The van der Waals surface area contributed by atoms with E-state index in [0.29, 0.717) is 91.1 Å². The summed E-state index contributed by atoms with van der Waals surface area (Å²) < 4.78 is 5.64. The molecule has 34 nitrogen and oxygen atoms in total. The number of nitrogens with one attached hydrogen (secondary N) is 8. The van der Waals surface area contributed by atoms with Crippen molar-refractivity contribution in [2.45, 2.75) is 208 Å². The molecule has 19 rings (SSSR count). The van der Waals surface area contributed by atoms with Crippen molar-refractivity contribution in [3.05, 3.63) is 122 Å². The van der Waals surface area contributed by atoms with Gasteiger partial charge in [-0.05, 0) is 205 Å². The summed E-state index contributed by atoms with van der Waals surface area (Å²) in [4.78, 5) is 140. The van der Waals surface area contributed by atoms with Crippen LogP contribution in [0.15, 0.2) is 116 Å². The number of amides is 6. The van der Waals surface area contributed by atoms with Crippen LogP contribution in [0, 0.1) is 22.2 Å². The summed E-state index contributed by atoms with van der Waals surface area (Å²) >= 11 is 0. The van der Waals surface area contributed by atoms with Gasteiger partial charge >= 0.3 is 0 Å². The van der Waals surface area contributed by atoms with Gasteiger partial charge in [-0.2, -0.15) is 25.0 Å². The molecule has 8 N–H and O–H groups in total. The van der Waals surface area contributed by atoms with Gasteiger partial charge in [0.25, 0.3) is 5.91 Å². The molecule has 0 unspecified atom stereocenters. The van der Waals surface area contributed by atoms with E-state index in [1.165, 1.54) is 58.3 Å². The number of imidazole rings is 1. The monoisotopic (exact) mass is 1770 g/mol. The zero-order valence-corrected chi connectivity index (χ0v) is 77.5. The molecule has 11 heterocycles. The first-order chi connectivity index (χ1) is 62.5. The first-order valence-electron chi connectivity index (χ1n) is 46.1. The predicted octanol–water partition coefficient (Wildman–Crippen LogP) is 15.4. The summed E-state index contributed by atoms with van der Waals surface area (Å²) in [5.74, 6) is 5.84. The molecule has 1 saturated heterocycles. The minimum Gasteiger partial charge on any atom is -0.495 e. The lowest BCUT2D eigenvalue weighted by Gasteiger charge is -2.34. The molecule has 10 aromatic rings. The maximum atomic E-state index is 13.2. The van der Waals surface area contributed by atoms with Crippen molar-refractivity contribution >= 4 is 156 Å². The fraction of sp³-hybridized carbons (Fsp3) is 0.500. The Morgan fingerprint density at radius 2 is 0.915 bits per heavy atom. The smallest absolute Gasteiger partial charge is 0.251 e. The van der Waals surface area contributed by atoms with Crippen LogP contribution in [-0.2, 0) is 24.0 Å². The molecule has 0 radical (unpaired) electrons. The van der Waals surface area contributed by atoms with Gasteiger partial charge in [-0.1, -0.05) is 64.4 Å². The minimum atomic E-state index is -0.509. The Morgan fingerprint density at radius 3 is 1.39 bits per heavy atom. The summed E-state index contributed by atoms with van der Waals surface area (Å²) in [5, 5.41) is 27.2. The normalized spacial score (nSPS) is 19.6. The average Bonchev–Trinajstić information content (AvgIpc) is 1.62. The third kappa shape index (κ3) is 19.7. The van der Waals surface area contributed by atoms with E-state index in [4.69, 9.17) is 24.7 Å². The van der Waals surface area contributed by atoms with E-state index in [-0.39, 0.29) is 47.4 Å². The van der Waals surface area contributed by atoms with Crippen LogP contribution in [0.2, 0.25) is 0 Å². The number of nitrogens with zero attached hydrogens (tertiary/aromatic N) is 19. The number of hydrogen-bond acceptors (Lipinski definition) is 26. The number of H-pyrrole nitrogens is 2. The zero-order chi connectivity index (χ0) is 91.5. The van der Waals surface area contributed by atoms with Gasteiger partial charge in [0.05, 0.1) is 89.0 Å². The third-order valence-electron chi connectivity index (χ3n) is 27.2. The van der Waals surface area contributed by atoms with Gasteiger partial charge in [-0.3, -0.25) is 33.9 Å². The Labute approximate surface area is 760 Å². The number of methoxy groups -OCH3 is 1. The fourth-order valence-corrected chi connectivity index (χ4v) is 19.9. The molecular formula is C96H125N27O7. The van der Waals surface area contributed by atoms with Crippen LogP contribution in [-0.4, -0.2) is 212 Å². The van der Waals surface area contributed by atoms with Crippen LogP contribution in [0.25, 0.3) is 21.9 Å². The molecule has 6 aromatic heterocycles. The van der Waals surface area contributed by atoms with E-state index in [0.717, 1.165) is 174 Å². The molecule has 0 spiro atoms. The molecule has 5 fully saturated rings. The Bertz CT molecular complexity index is 5770. The SMILES string of the molecule is CC(=O)Nc1ccc(Nc2ncc3c(n2)N(C2CCCC2)CC(C)(C)C(=O)N3C)cc1.CC[C@H]1CN(C2CCCC2)c2nc(Nc3ccc(C(=O)NC4CCN(C)CC4)cc3OC)ncc2N(C)C1=O.CN1C(=O)C(C)(C)CN(C2CCCC2)c2nc(Nc3ccc4[nH]ncc4c3)ncc21.CN1C(=O)C(C)(C)CN(C2CCCC2)c2nc(Nc3cccc4[nH]cnc34)ncc21. The number of para-hydroxylation sites is 1. The minimum absolute atomic E-state index is 0.0745. The number of benzene rings is 4. The Balaban J connectivity index is 0.000000128. The third-order valence-corrected chi connectivity index (χ3v) is 27.2. The quantitative estimate of drug-likeness (QED) is 0.0420. The number of carbonyl (C=O) groups excluding carboxylic acids is 6. The summed E-state index contributed by atoms with van der Waals surface area (Å²) in [6.07, 6.45) is 31.8. The number of aromatic nitrogens is 12. The van der Waals surface area contributed by atoms with Gasteiger partial charge in [0, 0.05) is 120 Å². The van der Waals surface area contributed by atoms with E-state index in [2.05, 4.69) is 110 Å². The molecule has 0 bridgehead atoms. The molecule has 1 atom stereocenters. The number of ether oxygens (including phenoxy) is 1. The number of rotatable bonds is 17. The largest absolute Gasteiger partial charge is 0.495 e. The maximum absolute atomic E-state index is 13.2. The highest BCUT2D eigenvalue weighted by Gasteiger charge is 2.46. The summed E-state index contributed by atoms with van der Waals surface area (Å²) in [6, 6.07) is 26.4. The van der Waals surface area contributed by atoms with Crippen molar-refractivity contribution < 1.29 is 33.5 Å². The number of piperidine rings is 1. The number of fused-ring (bicyclic) bond motifs is 6. The highest BCUT2D eigenvalue weighted by atomic mass is 16.5. The first kappa shape index (κ1) is 90.5. The van der Waals surface area contributed by atoms with Crippen molar-refractivity contribution in [3.8, 4) is 5.75 Å². The van der Waals surface area contributed by atoms with Crippen molar-refractivity contribution in [3.63, 3.8) is 0 Å². The van der Waals surface area contributed by atoms with Crippen LogP contribution in [0.1, 0.15) is 188 Å². The van der Waals surface area contributed by atoms with Crippen LogP contribution in [0.3, 0.4) is 0 Å². The van der Waals surface area contributed by atoms with Gasteiger partial charge in [0.2, 0.25) is 53.3 Å². The standard InChI is InChI=1S/C29H41N7O3.C23H30N6O2.2C22H27N7O/c1-5-19-18-36(22-8-6-7-9-22)26-24(35(3)28(19)38)17-30-29(33-26)32-23-11-10-20(16-25(23)39-4)27(37)31-21-12-14-34(2)15-13-21;1-15(30)25-16-9-11-17(12-10-16)26-22-24-13-19-20(27-22)29(18-7-5-6-8-18)14-23(2,3)21(31)28(19)4;1-22(2)12-29(14-7-4-5-8-14)19-17(28(3)20(22)30)11-23-21(27-19)26-16-10-6-9-15-18(16)25-13-24-15;1-22(2)13-29(16-6-4-5-7-16)19-18(28(3)20(22)30)12-23-21(26-19)25-15-8-9-17-14(10-15)11-24-27-17/h10-11,16-17,19,21-22H,5-9,12-15,18H2,1-4H3,(H,31,37)(H,30,32,33);9-13,18H,5-8,14H2,1-4H3,(H,25,30)(H,24,26,27);6,9-11,13-14H,4-5,7-8,12H2,1-3H3,(H,24,25)(H,23,26,27);8-12,16H,4-7,13H2,1-3H3,(H,24,27)(H,23,25,26)/t19-;;;/m0.../s1. The summed E-state index contributed by atoms with van der Waals surface area (Å²) in [5.41, 5.74) is 8.83. The van der Waals surface area contributed by atoms with Gasteiger partial charge < -0.3 is 85.7 Å². The van der Waals surface area contributed by atoms with E-state index in [1.807, 2.05) is 129 Å². The second kappa shape index (κ2) is 38.4. The molecule has 130 heavy (non-hydrogen) atoms. The van der Waals surface area contributed by atoms with Gasteiger partial charge in [0.15, 0.2) is 23.3 Å². The first-order valence-corrected chi connectivity index (χ1v) is 46.1. The Hall–Kier alpha value is -12.9. The van der Waals surface area contributed by atoms with Crippen LogP contribution < -0.4 is 75.8 Å². The van der Waals surface area contributed by atoms with E-state index in [1.54, 1.807) is 83.2 Å². The number of anilines is 17. The molecule has 686 valence electrons. The molecule has 4 aliphatic carbocycles. The van der Waals surface area contributed by atoms with E-state index in [9.17, 15) is 28.8 Å². The van der Waals surface area contributed by atoms with E-state index >= 15 is 0 Å². The van der Waals surface area contributed by atoms with Gasteiger partial charge in [-0.15, -0.1) is 0 Å². The van der Waals surface area contributed by atoms with Crippen molar-refractivity contribution in [1.82, 2.24) is 70.3 Å². The second-order valence-electron chi connectivity index (χ2n) is 38.1. The number of hydrogen-bond donors (Lipinski definition) is 8. The molecule has 4 aromatic carbocycles. The highest BCUT2D eigenvalue weighted by Crippen LogP contribution is 2.46. The number of carbonyl (C=O) groups is 6. The number of likely N-dealkylation sites (tertiary alicyclic amines) is 1. The molecule has 6 amide bonds. The summed E-state index contributed by atoms with van der Waals surface area (Å²) in [6.45, 7) is 20.2. The van der Waals surface area contributed by atoms with Gasteiger partial charge in [0.1, 0.15) is 34.0 Å². The van der Waals surface area contributed by atoms with Crippen molar-refractivity contribution in [2.24, 2.45) is 22.2 Å². The maximum Gasteiger partial charge on any atom is 0.251 e. The van der Waals surface area contributed by atoms with Crippen molar-refractivity contribution in [2.75, 3.05) is 147 Å². The average molecular weight is 1770 g/mol.